The number of hydrogen-bond acceptors (Lipinski definition) is 5. The van der Waals surface area contributed by atoms with Crippen molar-refractivity contribution < 1.29 is 9.63 Å². The average Bonchev–Trinajstić information content (AvgIpc) is 2.69. The first-order valence-electron chi connectivity index (χ1n) is 9.99. The molecule has 152 valence electrons. The van der Waals surface area contributed by atoms with Gasteiger partial charge in [-0.05, 0) is 57.4 Å². The van der Waals surface area contributed by atoms with E-state index in [1.165, 1.54) is 12.8 Å². The Bertz CT molecular complexity index is 546. The highest BCUT2D eigenvalue weighted by Gasteiger charge is 2.11. The van der Waals surface area contributed by atoms with Gasteiger partial charge in [-0.2, -0.15) is 5.06 Å². The Kier molecular flexibility index (Phi) is 12.2. The van der Waals surface area contributed by atoms with Gasteiger partial charge >= 0.3 is 0 Å². The number of rotatable bonds is 14. The highest BCUT2D eigenvalue weighted by atomic mass is 16.7. The first-order valence-corrected chi connectivity index (χ1v) is 9.99. The van der Waals surface area contributed by atoms with Gasteiger partial charge in [0.2, 0.25) is 0 Å². The molecular formula is C21H36N4O2. The summed E-state index contributed by atoms with van der Waals surface area (Å²) in [6.07, 6.45) is 9.57. The lowest BCUT2D eigenvalue weighted by Crippen LogP contribution is -2.33. The van der Waals surface area contributed by atoms with E-state index in [-0.39, 0.29) is 11.9 Å². The summed E-state index contributed by atoms with van der Waals surface area (Å²) in [5, 5.41) is 5.01. The Morgan fingerprint density at radius 2 is 1.96 bits per heavy atom. The molecule has 0 aromatic heterocycles. The summed E-state index contributed by atoms with van der Waals surface area (Å²) in [6.45, 7) is 8.64. The first kappa shape index (κ1) is 23.1. The molecule has 27 heavy (non-hydrogen) atoms. The fraction of sp³-hybridized carbons (Fsp3) is 0.571. The average molecular weight is 377 g/mol. The summed E-state index contributed by atoms with van der Waals surface area (Å²) in [4.78, 5) is 18.1. The van der Waals surface area contributed by atoms with Crippen LogP contribution in [0.15, 0.2) is 36.4 Å². The molecule has 0 saturated carbocycles. The van der Waals surface area contributed by atoms with Crippen LogP contribution in [0.4, 0.5) is 5.69 Å². The van der Waals surface area contributed by atoms with Crippen LogP contribution in [0.3, 0.4) is 0 Å². The van der Waals surface area contributed by atoms with Gasteiger partial charge < -0.3 is 10.7 Å². The molecule has 1 amide bonds. The molecule has 0 bridgehead atoms. The van der Waals surface area contributed by atoms with E-state index in [9.17, 15) is 4.79 Å². The van der Waals surface area contributed by atoms with Crippen molar-refractivity contribution in [2.24, 2.45) is 5.84 Å². The van der Waals surface area contributed by atoms with Gasteiger partial charge in [0.05, 0.1) is 12.6 Å². The highest BCUT2D eigenvalue weighted by Crippen LogP contribution is 2.09. The molecule has 6 nitrogen and oxygen atoms in total. The monoisotopic (exact) mass is 376 g/mol. The largest absolute Gasteiger partial charge is 0.352 e. The number of carbonyl (C=O) groups excluding carboxylic acids is 1. The van der Waals surface area contributed by atoms with E-state index in [0.717, 1.165) is 31.5 Å². The fourth-order valence-electron chi connectivity index (χ4n) is 2.71. The predicted octanol–water partition coefficient (Wildman–Crippen LogP) is 3.87. The molecule has 1 unspecified atom stereocenters. The maximum atomic E-state index is 12.1. The molecular weight excluding hydrogens is 340 g/mol. The smallest absolute Gasteiger partial charge is 0.251 e. The third-order valence-corrected chi connectivity index (χ3v) is 4.33. The molecule has 1 aromatic rings. The molecule has 6 heteroatoms. The number of hydrogen-bond donors (Lipinski definition) is 3. The number of hydroxylamine groups is 2. The lowest BCUT2D eigenvalue weighted by molar-refractivity contribution is -0.174. The molecule has 0 aliphatic rings. The van der Waals surface area contributed by atoms with E-state index in [1.807, 2.05) is 6.92 Å². The number of allylic oxidation sites excluding steroid dienone is 1. The molecule has 0 spiro atoms. The molecule has 0 aliphatic carbocycles. The van der Waals surface area contributed by atoms with Crippen LogP contribution < -0.4 is 16.6 Å². The van der Waals surface area contributed by atoms with Crippen molar-refractivity contribution in [2.45, 2.75) is 58.9 Å². The van der Waals surface area contributed by atoms with Gasteiger partial charge in [0, 0.05) is 24.3 Å². The molecule has 0 fully saturated rings. The topological polar surface area (TPSA) is 79.6 Å². The van der Waals surface area contributed by atoms with Crippen LogP contribution in [0.2, 0.25) is 0 Å². The van der Waals surface area contributed by atoms with E-state index in [4.69, 9.17) is 10.7 Å². The van der Waals surface area contributed by atoms with Gasteiger partial charge in [-0.15, -0.1) is 0 Å². The number of amides is 1. The summed E-state index contributed by atoms with van der Waals surface area (Å²) in [7, 11) is 0. The predicted molar refractivity (Wildman–Crippen MR) is 112 cm³/mol. The van der Waals surface area contributed by atoms with Crippen molar-refractivity contribution in [3.05, 3.63) is 42.0 Å². The van der Waals surface area contributed by atoms with E-state index >= 15 is 0 Å². The number of nitrogen functional groups attached to an aromatic ring is 1. The van der Waals surface area contributed by atoms with Crippen LogP contribution in [0.5, 0.6) is 0 Å². The van der Waals surface area contributed by atoms with Crippen LogP contribution >= 0.6 is 0 Å². The zero-order valence-corrected chi connectivity index (χ0v) is 17.0. The van der Waals surface area contributed by atoms with E-state index in [0.29, 0.717) is 18.7 Å². The normalized spacial score (nSPS) is 12.5. The Hall–Kier alpha value is -1.89. The lowest BCUT2D eigenvalue weighted by Gasteiger charge is -2.26. The number of nitrogens with two attached hydrogens (primary N) is 1. The summed E-state index contributed by atoms with van der Waals surface area (Å²) in [6, 6.07) is 7.34. The maximum Gasteiger partial charge on any atom is 0.251 e. The van der Waals surface area contributed by atoms with Crippen LogP contribution in [-0.4, -0.2) is 36.7 Å². The minimum Gasteiger partial charge on any atom is -0.352 e. The number of unbranched alkanes of at least 4 members (excludes halogenated alkanes) is 3. The van der Waals surface area contributed by atoms with Crippen molar-refractivity contribution in [3.8, 4) is 0 Å². The minimum absolute atomic E-state index is 0.0672. The van der Waals surface area contributed by atoms with E-state index in [2.05, 4.69) is 41.8 Å². The third-order valence-electron chi connectivity index (χ3n) is 4.33. The Balaban J connectivity index is 2.25. The molecule has 0 radical (unpaired) electrons. The minimum atomic E-state index is -0.0672. The quantitative estimate of drug-likeness (QED) is 0.199. The van der Waals surface area contributed by atoms with Crippen LogP contribution in [0.1, 0.15) is 63.2 Å². The molecule has 4 N–H and O–H groups in total. The van der Waals surface area contributed by atoms with Crippen LogP contribution in [0.25, 0.3) is 0 Å². The highest BCUT2D eigenvalue weighted by molar-refractivity contribution is 5.94. The summed E-state index contributed by atoms with van der Waals surface area (Å²) in [5.41, 5.74) is 3.96. The zero-order chi connectivity index (χ0) is 19.9. The number of nitrogens with one attached hydrogen (secondary N) is 2. The van der Waals surface area contributed by atoms with Gasteiger partial charge in [0.1, 0.15) is 0 Å². The molecule has 0 heterocycles. The van der Waals surface area contributed by atoms with Crippen molar-refractivity contribution in [1.82, 2.24) is 10.4 Å². The number of hydrazine groups is 1. The van der Waals surface area contributed by atoms with Gasteiger partial charge in [-0.25, -0.2) is 0 Å². The number of carbonyl (C=O) groups is 1. The van der Waals surface area contributed by atoms with Gasteiger partial charge in [0.15, 0.2) is 0 Å². The second-order valence-electron chi connectivity index (χ2n) is 6.63. The van der Waals surface area contributed by atoms with Crippen LogP contribution in [-0.2, 0) is 4.84 Å². The zero-order valence-electron chi connectivity index (χ0n) is 17.0. The van der Waals surface area contributed by atoms with Crippen LogP contribution in [0, 0.1) is 0 Å². The molecule has 0 saturated heterocycles. The molecule has 0 aliphatic heterocycles. The maximum absolute atomic E-state index is 12.1. The lowest BCUT2D eigenvalue weighted by atomic mass is 10.2. The molecule has 1 rings (SSSR count). The van der Waals surface area contributed by atoms with E-state index in [1.54, 1.807) is 24.3 Å². The SMILES string of the molecule is CC=CC(C)N(CCCCC)OCCCCNC(=O)c1ccc(NN)cc1. The van der Waals surface area contributed by atoms with E-state index < -0.39 is 0 Å². The van der Waals surface area contributed by atoms with Gasteiger partial charge in [-0.1, -0.05) is 31.9 Å². The molecule has 1 aromatic carbocycles. The van der Waals surface area contributed by atoms with Gasteiger partial charge in [-0.3, -0.25) is 15.5 Å². The summed E-state index contributed by atoms with van der Waals surface area (Å²) < 4.78 is 0. The van der Waals surface area contributed by atoms with Crippen molar-refractivity contribution in [3.63, 3.8) is 0 Å². The molecule has 1 atom stereocenters. The Morgan fingerprint density at radius 3 is 2.59 bits per heavy atom. The first-order chi connectivity index (χ1) is 13.1. The van der Waals surface area contributed by atoms with Gasteiger partial charge in [0.25, 0.3) is 5.91 Å². The Morgan fingerprint density at radius 1 is 1.22 bits per heavy atom. The van der Waals surface area contributed by atoms with Crippen molar-refractivity contribution in [2.75, 3.05) is 25.1 Å². The number of nitrogens with zero attached hydrogens (tertiary/aromatic N) is 1. The number of benzene rings is 1. The second-order valence-corrected chi connectivity index (χ2v) is 6.63. The number of anilines is 1. The third kappa shape index (κ3) is 9.56. The second kappa shape index (κ2) is 14.2. The Labute approximate surface area is 164 Å². The van der Waals surface area contributed by atoms with Crippen molar-refractivity contribution >= 4 is 11.6 Å². The fourth-order valence-corrected chi connectivity index (χ4v) is 2.71. The summed E-state index contributed by atoms with van der Waals surface area (Å²) in [5.74, 6) is 5.26. The van der Waals surface area contributed by atoms with Crippen molar-refractivity contribution in [1.29, 1.82) is 0 Å². The standard InChI is InChI=1S/C21H36N4O2/c1-4-6-8-16-25(18(3)10-5-2)27-17-9-7-15-23-21(26)19-11-13-20(24-22)14-12-19/h5,10-14,18,24H,4,6-9,15-17,22H2,1-3H3,(H,23,26). The summed E-state index contributed by atoms with van der Waals surface area (Å²) >= 11 is 0.